The first-order valence-corrected chi connectivity index (χ1v) is 15.3. The number of amides is 1. The van der Waals surface area contributed by atoms with Crippen LogP contribution in [0.5, 0.6) is 0 Å². The summed E-state index contributed by atoms with van der Waals surface area (Å²) < 4.78 is 51.2. The maximum Gasteiger partial charge on any atom is 0.251 e. The number of rotatable bonds is 6. The molecule has 1 amide bonds. The minimum absolute atomic E-state index is 0.235. The zero-order chi connectivity index (χ0) is 22.1. The van der Waals surface area contributed by atoms with Gasteiger partial charge in [0.25, 0.3) is 5.91 Å². The smallest absolute Gasteiger partial charge is 0.251 e. The van der Waals surface area contributed by atoms with Gasteiger partial charge in [0, 0.05) is 37.6 Å². The molecule has 0 radical (unpaired) electrons. The average Bonchev–Trinajstić information content (AvgIpc) is 3.01. The van der Waals surface area contributed by atoms with Crippen LogP contribution in [0, 0.1) is 5.92 Å². The second kappa shape index (κ2) is 9.11. The molecule has 2 aromatic rings. The summed E-state index contributed by atoms with van der Waals surface area (Å²) in [4.78, 5) is 18.0. The van der Waals surface area contributed by atoms with Crippen LogP contribution in [-0.4, -0.2) is 69.2 Å². The van der Waals surface area contributed by atoms with E-state index in [-0.39, 0.29) is 16.7 Å². The Morgan fingerprint density at radius 1 is 1.20 bits per heavy atom. The molecule has 0 spiro atoms. The van der Waals surface area contributed by atoms with E-state index in [2.05, 4.69) is 4.99 Å². The number of benzene rings is 1. The van der Waals surface area contributed by atoms with Crippen LogP contribution in [0.25, 0.3) is 10.2 Å². The van der Waals surface area contributed by atoms with Crippen LogP contribution in [0.4, 0.5) is 0 Å². The number of carbonyl (C=O) groups excluding carboxylic acids is 1. The Morgan fingerprint density at radius 3 is 2.43 bits per heavy atom. The van der Waals surface area contributed by atoms with Crippen molar-refractivity contribution in [2.45, 2.75) is 24.3 Å². The Kier molecular flexibility index (Phi) is 7.12. The van der Waals surface area contributed by atoms with Crippen molar-refractivity contribution >= 4 is 59.1 Å². The van der Waals surface area contributed by atoms with Crippen molar-refractivity contribution < 1.29 is 21.6 Å². The molecule has 0 atom stereocenters. The Labute approximate surface area is 185 Å². The van der Waals surface area contributed by atoms with E-state index in [0.29, 0.717) is 37.3 Å². The number of sulfone groups is 1. The number of hydrogen-bond acceptors (Lipinski definition) is 7. The van der Waals surface area contributed by atoms with E-state index in [1.165, 1.54) is 28.2 Å². The van der Waals surface area contributed by atoms with Crippen LogP contribution < -0.4 is 4.80 Å². The molecule has 3 rings (SSSR count). The van der Waals surface area contributed by atoms with Crippen LogP contribution in [-0.2, 0) is 31.2 Å². The molecule has 12 heteroatoms. The number of aryl methyl sites for hydroxylation is 1. The first kappa shape index (κ1) is 23.5. The molecule has 1 aliphatic heterocycles. The van der Waals surface area contributed by atoms with Gasteiger partial charge in [-0.3, -0.25) is 4.79 Å². The molecule has 1 aromatic carbocycles. The van der Waals surface area contributed by atoms with Gasteiger partial charge in [0.1, 0.15) is 0 Å². The number of fused-ring (bicyclic) bond motifs is 1. The molecule has 0 bridgehead atoms. The van der Waals surface area contributed by atoms with Gasteiger partial charge >= 0.3 is 0 Å². The van der Waals surface area contributed by atoms with Crippen molar-refractivity contribution in [1.82, 2.24) is 8.87 Å². The van der Waals surface area contributed by atoms with E-state index in [0.717, 1.165) is 16.0 Å². The van der Waals surface area contributed by atoms with Gasteiger partial charge in [-0.15, -0.1) is 0 Å². The quantitative estimate of drug-likeness (QED) is 0.607. The second-order valence-corrected chi connectivity index (χ2v) is 13.3. The van der Waals surface area contributed by atoms with E-state index in [9.17, 15) is 21.6 Å². The summed E-state index contributed by atoms with van der Waals surface area (Å²) in [5, 5.41) is 0. The number of thiazole rings is 1. The molecule has 1 aromatic heterocycles. The highest BCUT2D eigenvalue weighted by atomic mass is 32.2. The van der Waals surface area contributed by atoms with Gasteiger partial charge in [-0.25, -0.2) is 21.1 Å². The maximum absolute atomic E-state index is 12.8. The summed E-state index contributed by atoms with van der Waals surface area (Å²) in [5.41, 5.74) is 0.847. The first-order valence-electron chi connectivity index (χ1n) is 9.37. The summed E-state index contributed by atoms with van der Waals surface area (Å²) >= 11 is 2.97. The van der Waals surface area contributed by atoms with Gasteiger partial charge in [0.15, 0.2) is 14.6 Å². The van der Waals surface area contributed by atoms with Gasteiger partial charge < -0.3 is 4.57 Å². The van der Waals surface area contributed by atoms with Crippen LogP contribution in [0.3, 0.4) is 0 Å². The minimum atomic E-state index is -3.33. The summed E-state index contributed by atoms with van der Waals surface area (Å²) in [6.07, 6.45) is 5.23. The molecular weight excluding hydrogens is 466 g/mol. The normalized spacial score (nSPS) is 17.6. The maximum atomic E-state index is 12.8. The monoisotopic (exact) mass is 491 g/mol. The Hall–Kier alpha value is -1.21. The topological polar surface area (TPSA) is 106 Å². The fourth-order valence-electron chi connectivity index (χ4n) is 3.39. The number of aromatic nitrogens is 1. The summed E-state index contributed by atoms with van der Waals surface area (Å²) in [5.74, 6) is 0.262. The van der Waals surface area contributed by atoms with Crippen molar-refractivity contribution in [1.29, 1.82) is 0 Å². The molecule has 1 aliphatic rings. The SMILES string of the molecule is CSCCn1c(=NC(=O)C2CCN(S(C)(=O)=O)CC2)sc2cc(S(C)(=O)=O)ccc21. The highest BCUT2D eigenvalue weighted by Gasteiger charge is 2.29. The van der Waals surface area contributed by atoms with Crippen molar-refractivity contribution in [3.8, 4) is 0 Å². The van der Waals surface area contributed by atoms with Crippen molar-refractivity contribution in [2.75, 3.05) is 37.6 Å². The number of thioether (sulfide) groups is 1. The van der Waals surface area contributed by atoms with E-state index >= 15 is 0 Å². The highest BCUT2D eigenvalue weighted by Crippen LogP contribution is 2.23. The number of nitrogens with zero attached hydrogens (tertiary/aromatic N) is 3. The lowest BCUT2D eigenvalue weighted by Crippen LogP contribution is -2.39. The van der Waals surface area contributed by atoms with Crippen LogP contribution in [0.1, 0.15) is 12.8 Å². The Balaban J connectivity index is 1.95. The molecule has 166 valence electrons. The number of piperidine rings is 1. The third-order valence-electron chi connectivity index (χ3n) is 5.08. The molecule has 1 saturated heterocycles. The Bertz CT molecular complexity index is 1220. The fraction of sp³-hybridized carbons (Fsp3) is 0.556. The molecule has 0 unspecified atom stereocenters. The van der Waals surface area contributed by atoms with E-state index in [4.69, 9.17) is 0 Å². The lowest BCUT2D eigenvalue weighted by Gasteiger charge is -2.28. The molecule has 0 N–H and O–H groups in total. The standard InChI is InChI=1S/C18H25N3O5S4/c1-27-11-10-21-15-5-4-14(29(2,23)24)12-16(15)28-18(21)19-17(22)13-6-8-20(9-7-13)30(3,25)26/h4-5,12-13H,6-11H2,1-3H3. The average molecular weight is 492 g/mol. The summed E-state index contributed by atoms with van der Waals surface area (Å²) in [6, 6.07) is 4.96. The third-order valence-corrected chi connectivity index (χ3v) is 9.12. The molecule has 0 aliphatic carbocycles. The summed E-state index contributed by atoms with van der Waals surface area (Å²) in [7, 11) is -6.58. The van der Waals surface area contributed by atoms with E-state index < -0.39 is 19.9 Å². The molecule has 30 heavy (non-hydrogen) atoms. The van der Waals surface area contributed by atoms with E-state index in [1.807, 2.05) is 10.8 Å². The lowest BCUT2D eigenvalue weighted by molar-refractivity contribution is -0.122. The first-order chi connectivity index (χ1) is 14.0. The third kappa shape index (κ3) is 5.34. The predicted octanol–water partition coefficient (Wildman–Crippen LogP) is 1.57. The van der Waals surface area contributed by atoms with Gasteiger partial charge in [-0.2, -0.15) is 16.8 Å². The van der Waals surface area contributed by atoms with Gasteiger partial charge in [0.2, 0.25) is 10.0 Å². The molecule has 1 fully saturated rings. The lowest BCUT2D eigenvalue weighted by atomic mass is 9.98. The van der Waals surface area contributed by atoms with Gasteiger partial charge in [0.05, 0.1) is 21.4 Å². The molecular formula is C18H25N3O5S4. The summed E-state index contributed by atoms with van der Waals surface area (Å²) in [6.45, 7) is 1.29. The van der Waals surface area contributed by atoms with Gasteiger partial charge in [-0.05, 0) is 37.3 Å². The molecule has 8 nitrogen and oxygen atoms in total. The fourth-order valence-corrected chi connectivity index (χ4v) is 6.45. The Morgan fingerprint density at radius 2 is 1.87 bits per heavy atom. The zero-order valence-corrected chi connectivity index (χ0v) is 20.3. The van der Waals surface area contributed by atoms with Crippen LogP contribution >= 0.6 is 23.1 Å². The van der Waals surface area contributed by atoms with Crippen molar-refractivity contribution in [3.63, 3.8) is 0 Å². The largest absolute Gasteiger partial charge is 0.316 e. The second-order valence-electron chi connectivity index (χ2n) is 7.32. The highest BCUT2D eigenvalue weighted by molar-refractivity contribution is 7.98. The van der Waals surface area contributed by atoms with Gasteiger partial charge in [-0.1, -0.05) is 11.3 Å². The number of hydrogen-bond donors (Lipinski definition) is 0. The minimum Gasteiger partial charge on any atom is -0.316 e. The molecule has 2 heterocycles. The van der Waals surface area contributed by atoms with Crippen molar-refractivity contribution in [2.24, 2.45) is 10.9 Å². The number of sulfonamides is 1. The van der Waals surface area contributed by atoms with E-state index in [1.54, 1.807) is 30.0 Å². The molecule has 0 saturated carbocycles. The zero-order valence-electron chi connectivity index (χ0n) is 17.1. The van der Waals surface area contributed by atoms with Crippen molar-refractivity contribution in [3.05, 3.63) is 23.0 Å². The van der Waals surface area contributed by atoms with Crippen LogP contribution in [0.2, 0.25) is 0 Å². The number of carbonyl (C=O) groups is 1. The predicted molar refractivity (Wildman–Crippen MR) is 121 cm³/mol. The van der Waals surface area contributed by atoms with Crippen LogP contribution in [0.15, 0.2) is 28.1 Å².